The molecular formula is C20H17F3N4O2S. The van der Waals surface area contributed by atoms with Gasteiger partial charge in [0.2, 0.25) is 0 Å². The number of aromatic nitrogens is 2. The van der Waals surface area contributed by atoms with E-state index in [-0.39, 0.29) is 11.3 Å². The Labute approximate surface area is 173 Å². The summed E-state index contributed by atoms with van der Waals surface area (Å²) in [5.74, 6) is -1.02. The number of hydrazine groups is 1. The smallest absolute Gasteiger partial charge is 0.267 e. The van der Waals surface area contributed by atoms with Crippen LogP contribution in [0.15, 0.2) is 36.5 Å². The minimum absolute atomic E-state index is 0.140. The van der Waals surface area contributed by atoms with Crippen LogP contribution in [0.3, 0.4) is 0 Å². The van der Waals surface area contributed by atoms with Gasteiger partial charge in [0.15, 0.2) is 0 Å². The molecule has 0 spiro atoms. The average molecular weight is 434 g/mol. The van der Waals surface area contributed by atoms with Gasteiger partial charge in [0, 0.05) is 4.88 Å². The largest absolute Gasteiger partial charge is 0.416 e. The van der Waals surface area contributed by atoms with Crippen LogP contribution in [0, 0.1) is 6.92 Å². The van der Waals surface area contributed by atoms with Crippen LogP contribution < -0.4 is 10.9 Å². The molecule has 10 heteroatoms. The molecule has 4 rings (SSSR count). The fourth-order valence-corrected chi connectivity index (χ4v) is 4.54. The SMILES string of the molecule is Cc1c(C(=O)NNC(=O)c2cc3c(s2)CCC3)cnn1-c1cccc(C(F)(F)F)c1. The Morgan fingerprint density at radius 2 is 1.90 bits per heavy atom. The molecule has 0 saturated heterocycles. The Kier molecular flexibility index (Phi) is 5.10. The van der Waals surface area contributed by atoms with Gasteiger partial charge in [-0.05, 0) is 56.0 Å². The zero-order chi connectivity index (χ0) is 21.5. The predicted molar refractivity (Wildman–Crippen MR) is 105 cm³/mol. The average Bonchev–Trinajstić information content (AvgIpc) is 3.40. The number of nitrogens with zero attached hydrogens (tertiary/aromatic N) is 2. The molecule has 0 atom stereocenters. The molecule has 1 aromatic carbocycles. The van der Waals surface area contributed by atoms with Gasteiger partial charge < -0.3 is 0 Å². The van der Waals surface area contributed by atoms with Crippen molar-refractivity contribution in [2.45, 2.75) is 32.4 Å². The number of carbonyl (C=O) groups is 2. The molecule has 2 amide bonds. The summed E-state index contributed by atoms with van der Waals surface area (Å²) in [6, 6.07) is 6.50. The number of aryl methyl sites for hydroxylation is 2. The van der Waals surface area contributed by atoms with E-state index in [4.69, 9.17) is 0 Å². The van der Waals surface area contributed by atoms with Gasteiger partial charge in [0.05, 0.1) is 33.6 Å². The monoisotopic (exact) mass is 434 g/mol. The van der Waals surface area contributed by atoms with E-state index in [9.17, 15) is 22.8 Å². The molecule has 0 aliphatic heterocycles. The molecule has 2 heterocycles. The molecule has 2 N–H and O–H groups in total. The number of hydrogen-bond acceptors (Lipinski definition) is 4. The Morgan fingerprint density at radius 1 is 1.13 bits per heavy atom. The van der Waals surface area contributed by atoms with Gasteiger partial charge in [-0.25, -0.2) is 4.68 Å². The van der Waals surface area contributed by atoms with E-state index in [1.807, 2.05) is 6.07 Å². The number of fused-ring (bicyclic) bond motifs is 1. The highest BCUT2D eigenvalue weighted by Crippen LogP contribution is 2.31. The van der Waals surface area contributed by atoms with Crippen LogP contribution in [-0.2, 0) is 19.0 Å². The number of hydrogen-bond donors (Lipinski definition) is 2. The summed E-state index contributed by atoms with van der Waals surface area (Å²) in [4.78, 5) is 26.5. The van der Waals surface area contributed by atoms with Gasteiger partial charge in [-0.1, -0.05) is 6.07 Å². The fraction of sp³-hybridized carbons (Fsp3) is 0.250. The molecular weight excluding hydrogens is 417 g/mol. The van der Waals surface area contributed by atoms with E-state index in [0.29, 0.717) is 10.6 Å². The highest BCUT2D eigenvalue weighted by Gasteiger charge is 2.31. The van der Waals surface area contributed by atoms with E-state index >= 15 is 0 Å². The normalized spacial score (nSPS) is 13.2. The standard InChI is InChI=1S/C20H17F3N4O2S/c1-11-15(10-24-27(11)14-6-3-5-13(9-14)20(21,22)23)18(28)25-26-19(29)17-8-12-4-2-7-16(12)30-17/h3,5-6,8-10H,2,4,7H2,1H3,(H,25,28)(H,26,29). The highest BCUT2D eigenvalue weighted by molar-refractivity contribution is 7.14. The van der Waals surface area contributed by atoms with Crippen LogP contribution in [0.2, 0.25) is 0 Å². The molecule has 156 valence electrons. The van der Waals surface area contributed by atoms with Crippen LogP contribution in [0.4, 0.5) is 13.2 Å². The molecule has 2 aromatic heterocycles. The molecule has 0 bridgehead atoms. The summed E-state index contributed by atoms with van der Waals surface area (Å²) in [6.07, 6.45) is -0.220. The lowest BCUT2D eigenvalue weighted by atomic mass is 10.2. The zero-order valence-electron chi connectivity index (χ0n) is 15.8. The Bertz CT molecular complexity index is 1110. The Balaban J connectivity index is 1.46. The topological polar surface area (TPSA) is 76.0 Å². The maximum Gasteiger partial charge on any atom is 0.416 e. The van der Waals surface area contributed by atoms with Gasteiger partial charge in [-0.15, -0.1) is 11.3 Å². The third kappa shape index (κ3) is 3.82. The second kappa shape index (κ2) is 7.60. The molecule has 3 aromatic rings. The minimum atomic E-state index is -4.48. The first-order chi connectivity index (χ1) is 14.2. The van der Waals surface area contributed by atoms with Crippen LogP contribution in [0.1, 0.15) is 48.1 Å². The molecule has 0 fully saturated rings. The Morgan fingerprint density at radius 3 is 2.63 bits per heavy atom. The predicted octanol–water partition coefficient (Wildman–Crippen LogP) is 3.82. The van der Waals surface area contributed by atoms with Gasteiger partial charge in [0.1, 0.15) is 0 Å². The van der Waals surface area contributed by atoms with Crippen molar-refractivity contribution in [1.82, 2.24) is 20.6 Å². The third-order valence-corrected chi connectivity index (χ3v) is 6.17. The number of amides is 2. The van der Waals surface area contributed by atoms with Crippen molar-refractivity contribution >= 4 is 23.2 Å². The number of rotatable bonds is 3. The first kappa shape index (κ1) is 20.1. The molecule has 0 radical (unpaired) electrons. The van der Waals surface area contributed by atoms with E-state index in [2.05, 4.69) is 16.0 Å². The van der Waals surface area contributed by atoms with E-state index in [1.165, 1.54) is 44.8 Å². The molecule has 30 heavy (non-hydrogen) atoms. The number of thiophene rings is 1. The van der Waals surface area contributed by atoms with E-state index < -0.39 is 23.6 Å². The van der Waals surface area contributed by atoms with Crippen molar-refractivity contribution in [2.24, 2.45) is 0 Å². The van der Waals surface area contributed by atoms with Gasteiger partial charge in [-0.2, -0.15) is 18.3 Å². The molecule has 1 aliphatic rings. The lowest BCUT2D eigenvalue weighted by molar-refractivity contribution is -0.137. The highest BCUT2D eigenvalue weighted by atomic mass is 32.1. The lowest BCUT2D eigenvalue weighted by Gasteiger charge is -2.10. The van der Waals surface area contributed by atoms with Crippen LogP contribution in [0.5, 0.6) is 0 Å². The fourth-order valence-electron chi connectivity index (χ4n) is 3.39. The van der Waals surface area contributed by atoms with Crippen molar-refractivity contribution in [3.8, 4) is 5.69 Å². The summed E-state index contributed by atoms with van der Waals surface area (Å²) in [5, 5.41) is 4.03. The molecule has 6 nitrogen and oxygen atoms in total. The first-order valence-electron chi connectivity index (χ1n) is 9.18. The maximum absolute atomic E-state index is 13.0. The zero-order valence-corrected chi connectivity index (χ0v) is 16.7. The molecule has 1 aliphatic carbocycles. The number of alkyl halides is 3. The minimum Gasteiger partial charge on any atom is -0.267 e. The molecule has 0 saturated carbocycles. The number of benzene rings is 1. The second-order valence-electron chi connectivity index (χ2n) is 6.92. The van der Waals surface area contributed by atoms with E-state index in [1.54, 1.807) is 6.92 Å². The van der Waals surface area contributed by atoms with Crippen LogP contribution >= 0.6 is 11.3 Å². The summed E-state index contributed by atoms with van der Waals surface area (Å²) >= 11 is 1.41. The molecule has 0 unspecified atom stereocenters. The third-order valence-electron chi connectivity index (χ3n) is 4.93. The van der Waals surface area contributed by atoms with Crippen molar-refractivity contribution in [3.63, 3.8) is 0 Å². The van der Waals surface area contributed by atoms with Crippen LogP contribution in [-0.4, -0.2) is 21.6 Å². The van der Waals surface area contributed by atoms with Gasteiger partial charge in [0.25, 0.3) is 11.8 Å². The number of carbonyl (C=O) groups excluding carboxylic acids is 2. The van der Waals surface area contributed by atoms with Crippen molar-refractivity contribution in [2.75, 3.05) is 0 Å². The maximum atomic E-state index is 13.0. The summed E-state index contributed by atoms with van der Waals surface area (Å²) in [7, 11) is 0. The summed E-state index contributed by atoms with van der Waals surface area (Å²) in [6.45, 7) is 1.56. The van der Waals surface area contributed by atoms with E-state index in [0.717, 1.165) is 31.4 Å². The number of nitrogens with one attached hydrogen (secondary N) is 2. The van der Waals surface area contributed by atoms with Crippen molar-refractivity contribution < 1.29 is 22.8 Å². The quantitative estimate of drug-likeness (QED) is 0.616. The lowest BCUT2D eigenvalue weighted by Crippen LogP contribution is -2.41. The van der Waals surface area contributed by atoms with Gasteiger partial charge in [-0.3, -0.25) is 20.4 Å². The number of halogens is 3. The van der Waals surface area contributed by atoms with Crippen LogP contribution in [0.25, 0.3) is 5.69 Å². The van der Waals surface area contributed by atoms with Gasteiger partial charge >= 0.3 is 6.18 Å². The first-order valence-corrected chi connectivity index (χ1v) is 10.00. The summed E-state index contributed by atoms with van der Waals surface area (Å²) < 4.78 is 40.1. The second-order valence-corrected chi connectivity index (χ2v) is 8.06. The summed E-state index contributed by atoms with van der Waals surface area (Å²) in [5.41, 5.74) is 5.74. The van der Waals surface area contributed by atoms with Crippen molar-refractivity contribution in [1.29, 1.82) is 0 Å². The Hall–Kier alpha value is -3.14. The van der Waals surface area contributed by atoms with Crippen molar-refractivity contribution in [3.05, 3.63) is 68.7 Å².